The first-order valence-electron chi connectivity index (χ1n) is 6.79. The van der Waals surface area contributed by atoms with Gasteiger partial charge in [0, 0.05) is 11.1 Å². The highest BCUT2D eigenvalue weighted by molar-refractivity contribution is 6.33. The third-order valence-electron chi connectivity index (χ3n) is 3.94. The van der Waals surface area contributed by atoms with Crippen LogP contribution < -0.4 is 0 Å². The van der Waals surface area contributed by atoms with Crippen LogP contribution in [0.25, 0.3) is 5.69 Å². The van der Waals surface area contributed by atoms with Gasteiger partial charge in [-0.05, 0) is 37.8 Å². The summed E-state index contributed by atoms with van der Waals surface area (Å²) >= 11 is 5.71. The zero-order valence-corrected chi connectivity index (χ0v) is 12.2. The number of nitrogens with zero attached hydrogens (tertiary/aromatic N) is 1. The van der Waals surface area contributed by atoms with Gasteiger partial charge in [0.05, 0.1) is 16.3 Å². The highest BCUT2D eigenvalue weighted by atomic mass is 35.5. The third-order valence-corrected chi connectivity index (χ3v) is 4.25. The van der Waals surface area contributed by atoms with E-state index in [9.17, 15) is 19.4 Å². The fraction of sp³-hybridized carbons (Fsp3) is 0.267. The Balaban J connectivity index is 2.26. The summed E-state index contributed by atoms with van der Waals surface area (Å²) in [4.78, 5) is 11.1. The summed E-state index contributed by atoms with van der Waals surface area (Å²) in [6, 6.07) is 1.86. The Bertz CT molecular complexity index is 755. The summed E-state index contributed by atoms with van der Waals surface area (Å²) < 4.78 is 15.1. The molecule has 1 aliphatic carbocycles. The van der Waals surface area contributed by atoms with Crippen LogP contribution >= 0.6 is 11.6 Å². The molecule has 2 aromatic rings. The number of carboxylic acid groups (broad SMARTS) is 1. The Morgan fingerprint density at radius 1 is 1.14 bits per heavy atom. The van der Waals surface area contributed by atoms with Crippen molar-refractivity contribution in [1.82, 2.24) is 4.57 Å². The van der Waals surface area contributed by atoms with Gasteiger partial charge in [-0.2, -0.15) is 0 Å². The highest BCUT2D eigenvalue weighted by Gasteiger charge is 2.27. The molecule has 116 valence electrons. The van der Waals surface area contributed by atoms with E-state index in [-0.39, 0.29) is 28.0 Å². The van der Waals surface area contributed by atoms with Gasteiger partial charge in [-0.1, -0.05) is 11.6 Å². The second kappa shape index (κ2) is 5.21. The molecule has 1 heterocycles. The first-order chi connectivity index (χ1) is 10.4. The molecule has 0 saturated carbocycles. The molecular formula is C15H13ClFNO4. The molecule has 22 heavy (non-hydrogen) atoms. The SMILES string of the molecule is O=C(O)c1cc(-n2c(O)c3c(c2O)CCCC3)c(F)cc1Cl. The lowest BCUT2D eigenvalue weighted by Gasteiger charge is -2.10. The number of hydrogen-bond donors (Lipinski definition) is 3. The van der Waals surface area contributed by atoms with Crippen molar-refractivity contribution < 1.29 is 24.5 Å². The van der Waals surface area contributed by atoms with Gasteiger partial charge in [0.15, 0.2) is 0 Å². The molecule has 0 saturated heterocycles. The van der Waals surface area contributed by atoms with Crippen molar-refractivity contribution in [2.45, 2.75) is 25.7 Å². The van der Waals surface area contributed by atoms with E-state index in [0.29, 0.717) is 24.0 Å². The number of aromatic carboxylic acids is 1. The quantitative estimate of drug-likeness (QED) is 0.791. The van der Waals surface area contributed by atoms with Gasteiger partial charge in [0.25, 0.3) is 0 Å². The third kappa shape index (κ3) is 2.11. The smallest absolute Gasteiger partial charge is 0.337 e. The van der Waals surface area contributed by atoms with Crippen LogP contribution in [0.15, 0.2) is 12.1 Å². The van der Waals surface area contributed by atoms with E-state index in [4.69, 9.17) is 16.7 Å². The lowest BCUT2D eigenvalue weighted by atomic mass is 9.95. The molecule has 0 spiro atoms. The van der Waals surface area contributed by atoms with Gasteiger partial charge in [0.2, 0.25) is 11.8 Å². The second-order valence-electron chi connectivity index (χ2n) is 5.24. The summed E-state index contributed by atoms with van der Waals surface area (Å²) in [5, 5.41) is 29.4. The van der Waals surface area contributed by atoms with E-state index >= 15 is 0 Å². The Morgan fingerprint density at radius 3 is 2.18 bits per heavy atom. The molecule has 1 aliphatic rings. The number of rotatable bonds is 2. The van der Waals surface area contributed by atoms with Crippen molar-refractivity contribution in [3.63, 3.8) is 0 Å². The number of benzene rings is 1. The summed E-state index contributed by atoms with van der Waals surface area (Å²) in [6.07, 6.45) is 2.91. The molecule has 5 nitrogen and oxygen atoms in total. The van der Waals surface area contributed by atoms with Crippen LogP contribution in [0, 0.1) is 5.82 Å². The summed E-state index contributed by atoms with van der Waals surface area (Å²) in [5.41, 5.74) is 0.611. The van der Waals surface area contributed by atoms with Gasteiger partial charge >= 0.3 is 5.97 Å². The van der Waals surface area contributed by atoms with Crippen molar-refractivity contribution in [3.05, 3.63) is 39.7 Å². The minimum Gasteiger partial charge on any atom is -0.494 e. The lowest BCUT2D eigenvalue weighted by molar-refractivity contribution is 0.0697. The molecule has 1 aromatic carbocycles. The molecule has 1 aromatic heterocycles. The molecule has 0 aliphatic heterocycles. The minimum atomic E-state index is -1.32. The maximum atomic E-state index is 14.2. The maximum Gasteiger partial charge on any atom is 0.337 e. The van der Waals surface area contributed by atoms with Gasteiger partial charge in [-0.15, -0.1) is 0 Å². The van der Waals surface area contributed by atoms with Crippen LogP contribution in [0.3, 0.4) is 0 Å². The predicted molar refractivity (Wildman–Crippen MR) is 77.7 cm³/mol. The number of aromatic hydroxyl groups is 2. The molecule has 3 N–H and O–H groups in total. The van der Waals surface area contributed by atoms with Crippen molar-refractivity contribution in [2.75, 3.05) is 0 Å². The number of hydrogen-bond acceptors (Lipinski definition) is 3. The standard InChI is InChI=1S/C15H13ClFNO4/c16-10-6-11(17)12(5-9(10)15(21)22)18-13(19)7-3-1-2-4-8(7)14(18)20/h5-6,19-20H,1-4H2,(H,21,22). The summed E-state index contributed by atoms with van der Waals surface area (Å²) in [7, 11) is 0. The number of carbonyl (C=O) groups is 1. The Labute approximate surface area is 130 Å². The van der Waals surface area contributed by atoms with Crippen LogP contribution in [0.2, 0.25) is 5.02 Å². The molecule has 0 fully saturated rings. The van der Waals surface area contributed by atoms with Crippen LogP contribution in [-0.4, -0.2) is 25.9 Å². The highest BCUT2D eigenvalue weighted by Crippen LogP contribution is 2.41. The molecular weight excluding hydrogens is 313 g/mol. The number of halogens is 2. The van der Waals surface area contributed by atoms with E-state index in [0.717, 1.165) is 29.5 Å². The molecule has 7 heteroatoms. The molecule has 0 amide bonds. The largest absolute Gasteiger partial charge is 0.494 e. The minimum absolute atomic E-state index is 0.244. The Hall–Kier alpha value is -2.21. The topological polar surface area (TPSA) is 82.7 Å². The Kier molecular flexibility index (Phi) is 3.48. The summed E-state index contributed by atoms with van der Waals surface area (Å²) in [5.74, 6) is -2.66. The number of carboxylic acids is 1. The fourth-order valence-electron chi connectivity index (χ4n) is 2.87. The van der Waals surface area contributed by atoms with Crippen molar-refractivity contribution in [1.29, 1.82) is 0 Å². The fourth-order valence-corrected chi connectivity index (χ4v) is 3.10. The summed E-state index contributed by atoms with van der Waals surface area (Å²) in [6.45, 7) is 0. The molecule has 0 atom stereocenters. The molecule has 0 bridgehead atoms. The van der Waals surface area contributed by atoms with E-state index < -0.39 is 11.8 Å². The van der Waals surface area contributed by atoms with E-state index in [1.165, 1.54) is 0 Å². The zero-order chi connectivity index (χ0) is 16.0. The molecule has 0 radical (unpaired) electrons. The van der Waals surface area contributed by atoms with Crippen molar-refractivity contribution in [3.8, 4) is 17.4 Å². The van der Waals surface area contributed by atoms with Crippen LogP contribution in [0.1, 0.15) is 34.3 Å². The normalized spacial score (nSPS) is 13.9. The first-order valence-corrected chi connectivity index (χ1v) is 7.16. The van der Waals surface area contributed by atoms with Crippen LogP contribution in [0.4, 0.5) is 4.39 Å². The van der Waals surface area contributed by atoms with E-state index in [2.05, 4.69) is 0 Å². The van der Waals surface area contributed by atoms with Crippen molar-refractivity contribution in [2.24, 2.45) is 0 Å². The zero-order valence-electron chi connectivity index (χ0n) is 11.4. The number of fused-ring (bicyclic) bond motifs is 1. The monoisotopic (exact) mass is 325 g/mol. The van der Waals surface area contributed by atoms with Gasteiger partial charge in [0.1, 0.15) is 5.82 Å². The van der Waals surface area contributed by atoms with Gasteiger partial charge in [-0.3, -0.25) is 0 Å². The van der Waals surface area contributed by atoms with Crippen LogP contribution in [-0.2, 0) is 12.8 Å². The average Bonchev–Trinajstić information content (AvgIpc) is 2.72. The van der Waals surface area contributed by atoms with Crippen molar-refractivity contribution >= 4 is 17.6 Å². The first kappa shape index (κ1) is 14.7. The lowest BCUT2D eigenvalue weighted by Crippen LogP contribution is -2.04. The van der Waals surface area contributed by atoms with Gasteiger partial charge < -0.3 is 15.3 Å². The van der Waals surface area contributed by atoms with Gasteiger partial charge in [-0.25, -0.2) is 13.8 Å². The van der Waals surface area contributed by atoms with Crippen LogP contribution in [0.5, 0.6) is 11.8 Å². The van der Waals surface area contributed by atoms with E-state index in [1.54, 1.807) is 0 Å². The molecule has 3 rings (SSSR count). The Morgan fingerprint density at radius 2 is 1.68 bits per heavy atom. The molecule has 0 unspecified atom stereocenters. The van der Waals surface area contributed by atoms with E-state index in [1.807, 2.05) is 0 Å². The number of aromatic nitrogens is 1. The second-order valence-corrected chi connectivity index (χ2v) is 5.64. The predicted octanol–water partition coefficient (Wildman–Crippen LogP) is 3.26. The maximum absolute atomic E-state index is 14.2. The average molecular weight is 326 g/mol.